The normalized spacial score (nSPS) is 10.2. The quantitative estimate of drug-likeness (QED) is 0.619. The number of ether oxygens (including phenoxy) is 1. The summed E-state index contributed by atoms with van der Waals surface area (Å²) in [5.74, 6) is -0.400. The third-order valence-electron chi connectivity index (χ3n) is 2.85. The number of anilines is 2. The van der Waals surface area contributed by atoms with Crippen LogP contribution in [0.2, 0.25) is 0 Å². The molecule has 20 heavy (non-hydrogen) atoms. The molecule has 106 valence electrons. The monoisotopic (exact) mass is 274 g/mol. The number of nitrogens with one attached hydrogen (secondary N) is 1. The van der Waals surface area contributed by atoms with Gasteiger partial charge in [0.25, 0.3) is 0 Å². The number of imidazole rings is 1. The molecule has 2 rings (SSSR count). The highest BCUT2D eigenvalue weighted by molar-refractivity contribution is 5.98. The number of para-hydroxylation sites is 1. The standard InChI is InChI=1S/C14H18N4O2/c1-2-20-14(19)11-4-3-5-12(13(11)15)17-7-9-18-8-6-16-10-18/h3-6,8,10,17H,2,7,9,15H2,1H3. The lowest BCUT2D eigenvalue weighted by Crippen LogP contribution is -2.13. The Morgan fingerprint density at radius 3 is 3.05 bits per heavy atom. The van der Waals surface area contributed by atoms with Gasteiger partial charge in [0.15, 0.2) is 0 Å². The van der Waals surface area contributed by atoms with E-state index in [1.165, 1.54) is 0 Å². The fourth-order valence-corrected chi connectivity index (χ4v) is 1.84. The van der Waals surface area contributed by atoms with E-state index in [9.17, 15) is 4.79 Å². The molecule has 0 amide bonds. The number of hydrogen-bond acceptors (Lipinski definition) is 5. The van der Waals surface area contributed by atoms with Gasteiger partial charge in [0.1, 0.15) is 0 Å². The van der Waals surface area contributed by atoms with Crippen LogP contribution >= 0.6 is 0 Å². The highest BCUT2D eigenvalue weighted by atomic mass is 16.5. The smallest absolute Gasteiger partial charge is 0.340 e. The first kappa shape index (κ1) is 13.9. The van der Waals surface area contributed by atoms with Crippen LogP contribution in [0.1, 0.15) is 17.3 Å². The van der Waals surface area contributed by atoms with Crippen molar-refractivity contribution in [1.82, 2.24) is 9.55 Å². The first-order valence-corrected chi connectivity index (χ1v) is 6.47. The zero-order chi connectivity index (χ0) is 14.4. The Morgan fingerprint density at radius 2 is 2.35 bits per heavy atom. The Morgan fingerprint density at radius 1 is 1.50 bits per heavy atom. The van der Waals surface area contributed by atoms with E-state index in [2.05, 4.69) is 10.3 Å². The van der Waals surface area contributed by atoms with Crippen LogP contribution in [0, 0.1) is 0 Å². The van der Waals surface area contributed by atoms with Gasteiger partial charge in [-0.15, -0.1) is 0 Å². The van der Waals surface area contributed by atoms with Crippen LogP contribution < -0.4 is 11.1 Å². The molecule has 1 aromatic carbocycles. The highest BCUT2D eigenvalue weighted by Crippen LogP contribution is 2.23. The Balaban J connectivity index is 2.01. The molecule has 3 N–H and O–H groups in total. The van der Waals surface area contributed by atoms with Crippen molar-refractivity contribution in [2.24, 2.45) is 0 Å². The number of carbonyl (C=O) groups excluding carboxylic acids is 1. The fraction of sp³-hybridized carbons (Fsp3) is 0.286. The fourth-order valence-electron chi connectivity index (χ4n) is 1.84. The van der Waals surface area contributed by atoms with Crippen molar-refractivity contribution in [3.8, 4) is 0 Å². The minimum atomic E-state index is -0.400. The minimum Gasteiger partial charge on any atom is -0.462 e. The van der Waals surface area contributed by atoms with E-state index in [4.69, 9.17) is 10.5 Å². The average molecular weight is 274 g/mol. The van der Waals surface area contributed by atoms with Gasteiger partial charge in [0, 0.05) is 25.5 Å². The van der Waals surface area contributed by atoms with Crippen LogP contribution in [-0.4, -0.2) is 28.7 Å². The van der Waals surface area contributed by atoms with Crippen molar-refractivity contribution in [2.45, 2.75) is 13.5 Å². The summed E-state index contributed by atoms with van der Waals surface area (Å²) in [6.07, 6.45) is 5.37. The number of hydrogen-bond donors (Lipinski definition) is 2. The number of carbonyl (C=O) groups is 1. The second-order valence-electron chi connectivity index (χ2n) is 4.21. The summed E-state index contributed by atoms with van der Waals surface area (Å²) in [4.78, 5) is 15.7. The Bertz CT molecular complexity index is 567. The van der Waals surface area contributed by atoms with Crippen molar-refractivity contribution in [3.05, 3.63) is 42.5 Å². The van der Waals surface area contributed by atoms with Crippen LogP contribution in [-0.2, 0) is 11.3 Å². The maximum Gasteiger partial charge on any atom is 0.340 e. The molecule has 0 fully saturated rings. The molecule has 0 aliphatic rings. The summed E-state index contributed by atoms with van der Waals surface area (Å²) in [5.41, 5.74) is 7.53. The Labute approximate surface area is 117 Å². The first-order valence-electron chi connectivity index (χ1n) is 6.47. The lowest BCUT2D eigenvalue weighted by molar-refractivity contribution is 0.0527. The van der Waals surface area contributed by atoms with E-state index in [1.807, 2.05) is 16.8 Å². The number of aromatic nitrogens is 2. The zero-order valence-electron chi connectivity index (χ0n) is 11.4. The average Bonchev–Trinajstić information content (AvgIpc) is 2.94. The SMILES string of the molecule is CCOC(=O)c1cccc(NCCn2ccnc2)c1N. The molecule has 0 unspecified atom stereocenters. The van der Waals surface area contributed by atoms with Gasteiger partial charge in [0.05, 0.1) is 29.9 Å². The van der Waals surface area contributed by atoms with Gasteiger partial charge in [0.2, 0.25) is 0 Å². The molecular formula is C14H18N4O2. The summed E-state index contributed by atoms with van der Waals surface area (Å²) in [7, 11) is 0. The van der Waals surface area contributed by atoms with Crippen LogP contribution in [0.3, 0.4) is 0 Å². The third kappa shape index (κ3) is 3.28. The van der Waals surface area contributed by atoms with Crippen LogP contribution in [0.25, 0.3) is 0 Å². The van der Waals surface area contributed by atoms with Crippen molar-refractivity contribution in [1.29, 1.82) is 0 Å². The maximum absolute atomic E-state index is 11.7. The molecule has 0 spiro atoms. The number of nitrogens with zero attached hydrogens (tertiary/aromatic N) is 2. The predicted octanol–water partition coefficient (Wildman–Crippen LogP) is 1.75. The van der Waals surface area contributed by atoms with Crippen LogP contribution in [0.5, 0.6) is 0 Å². The molecule has 0 atom stereocenters. The van der Waals surface area contributed by atoms with E-state index in [-0.39, 0.29) is 0 Å². The molecule has 0 saturated heterocycles. The van der Waals surface area contributed by atoms with Gasteiger partial charge in [-0.05, 0) is 19.1 Å². The van der Waals surface area contributed by atoms with E-state index in [0.29, 0.717) is 24.4 Å². The zero-order valence-corrected chi connectivity index (χ0v) is 11.4. The van der Waals surface area contributed by atoms with E-state index in [1.54, 1.807) is 31.6 Å². The molecule has 2 aromatic rings. The maximum atomic E-state index is 11.7. The summed E-state index contributed by atoms with van der Waals surface area (Å²) < 4.78 is 6.92. The molecule has 0 saturated carbocycles. The predicted molar refractivity (Wildman–Crippen MR) is 77.5 cm³/mol. The molecule has 1 aromatic heterocycles. The van der Waals surface area contributed by atoms with Crippen molar-refractivity contribution in [2.75, 3.05) is 24.2 Å². The van der Waals surface area contributed by atoms with E-state index in [0.717, 1.165) is 12.2 Å². The summed E-state index contributed by atoms with van der Waals surface area (Å²) >= 11 is 0. The Kier molecular flexibility index (Phi) is 4.60. The second-order valence-corrected chi connectivity index (χ2v) is 4.21. The van der Waals surface area contributed by atoms with Gasteiger partial charge in [-0.2, -0.15) is 0 Å². The molecule has 6 heteroatoms. The topological polar surface area (TPSA) is 82.2 Å². The van der Waals surface area contributed by atoms with E-state index < -0.39 is 5.97 Å². The largest absolute Gasteiger partial charge is 0.462 e. The van der Waals surface area contributed by atoms with Gasteiger partial charge < -0.3 is 20.4 Å². The summed E-state index contributed by atoms with van der Waals surface area (Å²) in [5, 5.41) is 3.21. The second kappa shape index (κ2) is 6.60. The van der Waals surface area contributed by atoms with Gasteiger partial charge in [-0.25, -0.2) is 9.78 Å². The van der Waals surface area contributed by atoms with Crippen LogP contribution in [0.4, 0.5) is 11.4 Å². The molecule has 6 nitrogen and oxygen atoms in total. The van der Waals surface area contributed by atoms with Crippen molar-refractivity contribution >= 4 is 17.3 Å². The number of nitrogens with two attached hydrogens (primary N) is 1. The summed E-state index contributed by atoms with van der Waals surface area (Å²) in [6, 6.07) is 5.28. The van der Waals surface area contributed by atoms with E-state index >= 15 is 0 Å². The molecule has 0 aliphatic carbocycles. The molecule has 0 bridgehead atoms. The first-order chi connectivity index (χ1) is 9.72. The number of esters is 1. The molecule has 0 radical (unpaired) electrons. The van der Waals surface area contributed by atoms with Crippen LogP contribution in [0.15, 0.2) is 36.9 Å². The van der Waals surface area contributed by atoms with Gasteiger partial charge in [-0.3, -0.25) is 0 Å². The third-order valence-corrected chi connectivity index (χ3v) is 2.85. The van der Waals surface area contributed by atoms with Crippen molar-refractivity contribution in [3.63, 3.8) is 0 Å². The Hall–Kier alpha value is -2.50. The highest BCUT2D eigenvalue weighted by Gasteiger charge is 2.12. The number of benzene rings is 1. The molecular weight excluding hydrogens is 256 g/mol. The van der Waals surface area contributed by atoms with Gasteiger partial charge >= 0.3 is 5.97 Å². The number of rotatable bonds is 6. The van der Waals surface area contributed by atoms with Crippen molar-refractivity contribution < 1.29 is 9.53 Å². The lowest BCUT2D eigenvalue weighted by Gasteiger charge is -2.12. The lowest BCUT2D eigenvalue weighted by atomic mass is 10.1. The molecule has 1 heterocycles. The van der Waals surface area contributed by atoms with Gasteiger partial charge in [-0.1, -0.05) is 6.07 Å². The summed E-state index contributed by atoms with van der Waals surface area (Å²) in [6.45, 7) is 3.55. The molecule has 0 aliphatic heterocycles. The minimum absolute atomic E-state index is 0.330. The number of nitrogen functional groups attached to an aromatic ring is 1.